The first-order valence-electron chi connectivity index (χ1n) is 3.29. The minimum atomic E-state index is -1.53. The van der Waals surface area contributed by atoms with E-state index in [1.54, 1.807) is 30.3 Å². The van der Waals surface area contributed by atoms with Gasteiger partial charge in [-0.3, -0.25) is 7.86 Å². The van der Waals surface area contributed by atoms with Crippen LogP contribution in [0.1, 0.15) is 9.49 Å². The van der Waals surface area contributed by atoms with Crippen LogP contribution >= 0.6 is 21.2 Å². The predicted octanol–water partition coefficient (Wildman–Crippen LogP) is 2.13. The summed E-state index contributed by atoms with van der Waals surface area (Å²) in [5.74, 6) is -1.01. The molecular formula is C8H7IO3. The number of benzene rings is 1. The van der Waals surface area contributed by atoms with E-state index in [1.807, 2.05) is 0 Å². The summed E-state index contributed by atoms with van der Waals surface area (Å²) in [7, 11) is 0. The third-order valence-electron chi connectivity index (χ3n) is 1.40. The van der Waals surface area contributed by atoms with Crippen molar-refractivity contribution in [2.24, 2.45) is 0 Å². The van der Waals surface area contributed by atoms with Crippen LogP contribution in [0.4, 0.5) is 0 Å². The quantitative estimate of drug-likeness (QED) is 0.680. The minimum absolute atomic E-state index is 0.618. The second-order valence-electron chi connectivity index (χ2n) is 2.20. The Kier molecular flexibility index (Phi) is 3.33. The Balaban J connectivity index is 2.95. The van der Waals surface area contributed by atoms with Gasteiger partial charge in [0.15, 0.2) is 25.1 Å². The molecule has 1 aromatic rings. The van der Waals surface area contributed by atoms with E-state index >= 15 is 0 Å². The van der Waals surface area contributed by atoms with Crippen LogP contribution in [-0.2, 0) is 7.86 Å². The second-order valence-corrected chi connectivity index (χ2v) is 3.95. The maximum Gasteiger partial charge on any atom is 0.323 e. The van der Waals surface area contributed by atoms with Crippen molar-refractivity contribution in [3.8, 4) is 0 Å². The first kappa shape index (κ1) is 9.31. The van der Waals surface area contributed by atoms with Gasteiger partial charge >= 0.3 is 5.97 Å². The highest BCUT2D eigenvalue weighted by Gasteiger charge is 2.18. The molecule has 64 valence electrons. The summed E-state index contributed by atoms with van der Waals surface area (Å²) < 4.78 is 9.80. The van der Waals surface area contributed by atoms with Gasteiger partial charge in [0.25, 0.3) is 0 Å². The number of hydrogen-bond acceptors (Lipinski definition) is 2. The van der Waals surface area contributed by atoms with E-state index in [-0.39, 0.29) is 0 Å². The van der Waals surface area contributed by atoms with E-state index in [0.717, 1.165) is 0 Å². The van der Waals surface area contributed by atoms with Crippen LogP contribution in [0.25, 0.3) is 0 Å². The number of carboxylic acid groups (broad SMARTS) is 1. The Labute approximate surface area is 80.1 Å². The number of carboxylic acids is 1. The number of rotatable bonds is 3. The van der Waals surface area contributed by atoms with Gasteiger partial charge in [-0.2, -0.15) is 0 Å². The lowest BCUT2D eigenvalue weighted by Gasteiger charge is -2.01. The van der Waals surface area contributed by atoms with Crippen LogP contribution in [0.3, 0.4) is 0 Å². The maximum absolute atomic E-state index is 10.6. The van der Waals surface area contributed by atoms with Gasteiger partial charge in [-0.15, -0.1) is 0 Å². The molecule has 0 saturated heterocycles. The molecule has 0 saturated carbocycles. The molecule has 0 amide bonds. The van der Waals surface area contributed by atoms with Gasteiger partial charge in [-0.05, 0) is 5.56 Å². The first-order valence-corrected chi connectivity index (χ1v) is 5.41. The zero-order valence-electron chi connectivity index (χ0n) is 6.11. The fourth-order valence-corrected chi connectivity index (χ4v) is 1.78. The second kappa shape index (κ2) is 4.30. The molecule has 4 heteroatoms. The summed E-state index contributed by atoms with van der Waals surface area (Å²) in [5.41, 5.74) is 0.618. The van der Waals surface area contributed by atoms with Gasteiger partial charge in [0, 0.05) is 0 Å². The van der Waals surface area contributed by atoms with Gasteiger partial charge in [0.05, 0.1) is 0 Å². The molecule has 0 heterocycles. The highest BCUT2D eigenvalue weighted by atomic mass is 127. The Hall–Kier alpha value is -0.780. The van der Waals surface area contributed by atoms with Gasteiger partial charge in [-0.1, -0.05) is 30.3 Å². The summed E-state index contributed by atoms with van der Waals surface area (Å²) in [6.07, 6.45) is 0. The van der Waals surface area contributed by atoms with Crippen molar-refractivity contribution >= 4 is 27.2 Å². The smallest absolute Gasteiger partial charge is 0.323 e. The molecule has 0 fully saturated rings. The average Bonchev–Trinajstić information content (AvgIpc) is 2.07. The molecule has 0 aliphatic heterocycles. The van der Waals surface area contributed by atoms with Crippen molar-refractivity contribution < 1.29 is 13.0 Å². The van der Waals surface area contributed by atoms with Crippen molar-refractivity contribution in [2.45, 2.75) is 3.92 Å². The summed E-state index contributed by atoms with van der Waals surface area (Å²) in [6, 6.07) is 8.63. The Bertz CT molecular complexity index is 284. The molecule has 12 heavy (non-hydrogen) atoms. The molecule has 1 aromatic carbocycles. The highest BCUT2D eigenvalue weighted by Crippen LogP contribution is 2.26. The lowest BCUT2D eigenvalue weighted by Crippen LogP contribution is -2.04. The molecule has 0 aliphatic rings. The minimum Gasteiger partial charge on any atom is -0.480 e. The molecule has 1 N–H and O–H groups in total. The molecule has 1 atom stereocenters. The number of carbonyl (C=O) groups is 1. The van der Waals surface area contributed by atoms with Gasteiger partial charge < -0.3 is 5.11 Å². The van der Waals surface area contributed by atoms with Crippen LogP contribution in [0.5, 0.6) is 0 Å². The molecule has 3 nitrogen and oxygen atoms in total. The summed E-state index contributed by atoms with van der Waals surface area (Å²) >= 11 is -1.53. The predicted molar refractivity (Wildman–Crippen MR) is 51.5 cm³/mol. The maximum atomic E-state index is 10.6. The zero-order valence-corrected chi connectivity index (χ0v) is 8.26. The number of alkyl halides is 1. The summed E-state index contributed by atoms with van der Waals surface area (Å²) in [6.45, 7) is 0. The monoisotopic (exact) mass is 278 g/mol. The molecule has 0 aliphatic carbocycles. The van der Waals surface area contributed by atoms with Crippen molar-refractivity contribution in [3.63, 3.8) is 0 Å². The van der Waals surface area contributed by atoms with Crippen molar-refractivity contribution in [1.82, 2.24) is 0 Å². The van der Waals surface area contributed by atoms with E-state index in [4.69, 9.17) is 5.11 Å². The molecule has 0 aromatic heterocycles. The summed E-state index contributed by atoms with van der Waals surface area (Å²) in [5, 5.41) is 8.65. The summed E-state index contributed by atoms with van der Waals surface area (Å²) in [4.78, 5) is 10.6. The van der Waals surface area contributed by atoms with E-state index < -0.39 is 31.1 Å². The van der Waals surface area contributed by atoms with E-state index in [1.165, 1.54) is 0 Å². The molecule has 1 unspecified atom stereocenters. The SMILES string of the molecule is O=IC(C(=O)O)c1ccccc1. The van der Waals surface area contributed by atoms with Crippen molar-refractivity contribution in [3.05, 3.63) is 35.9 Å². The number of aliphatic carboxylic acids is 1. The van der Waals surface area contributed by atoms with Crippen LogP contribution in [0, 0.1) is 0 Å². The van der Waals surface area contributed by atoms with Gasteiger partial charge in [-0.25, -0.2) is 0 Å². The van der Waals surface area contributed by atoms with E-state index in [0.29, 0.717) is 5.56 Å². The average molecular weight is 278 g/mol. The zero-order chi connectivity index (χ0) is 8.97. The number of hydrogen-bond donors (Lipinski definition) is 1. The van der Waals surface area contributed by atoms with E-state index in [2.05, 4.69) is 0 Å². The normalized spacial score (nSPS) is 12.3. The Morgan fingerprint density at radius 1 is 1.33 bits per heavy atom. The van der Waals surface area contributed by atoms with E-state index in [9.17, 15) is 7.86 Å². The third-order valence-corrected chi connectivity index (χ3v) is 3.16. The standard InChI is InChI=1S/C8H7IO3/c10-8(11)7(9-12)6-4-2-1-3-5-6/h1-5,7H,(H,10,11). The van der Waals surface area contributed by atoms with Crippen molar-refractivity contribution in [1.29, 1.82) is 0 Å². The van der Waals surface area contributed by atoms with Crippen molar-refractivity contribution in [2.75, 3.05) is 0 Å². The van der Waals surface area contributed by atoms with Crippen LogP contribution in [0.15, 0.2) is 30.3 Å². The van der Waals surface area contributed by atoms with Crippen LogP contribution < -0.4 is 0 Å². The largest absolute Gasteiger partial charge is 0.480 e. The van der Waals surface area contributed by atoms with Crippen LogP contribution in [0.2, 0.25) is 0 Å². The van der Waals surface area contributed by atoms with Crippen LogP contribution in [-0.4, -0.2) is 11.1 Å². The molecule has 0 bridgehead atoms. The van der Waals surface area contributed by atoms with Gasteiger partial charge in [0.2, 0.25) is 0 Å². The fourth-order valence-electron chi connectivity index (χ4n) is 0.854. The molecule has 0 spiro atoms. The molecular weight excluding hydrogens is 271 g/mol. The highest BCUT2D eigenvalue weighted by molar-refractivity contribution is 14.1. The fraction of sp³-hybridized carbons (Fsp3) is 0.125. The molecule has 0 radical (unpaired) electrons. The Morgan fingerprint density at radius 2 is 1.92 bits per heavy atom. The third kappa shape index (κ3) is 2.10. The van der Waals surface area contributed by atoms with Gasteiger partial charge in [0.1, 0.15) is 0 Å². The number of halogens is 1. The lowest BCUT2D eigenvalue weighted by molar-refractivity contribution is -0.136. The topological polar surface area (TPSA) is 54.4 Å². The Morgan fingerprint density at radius 3 is 2.33 bits per heavy atom. The molecule has 1 rings (SSSR count). The lowest BCUT2D eigenvalue weighted by atomic mass is 10.2. The first-order chi connectivity index (χ1) is 5.75.